The van der Waals surface area contributed by atoms with Gasteiger partial charge in [-0.25, -0.2) is 0 Å². The number of aliphatic hydroxyl groups is 1. The first-order chi connectivity index (χ1) is 24.1. The molecule has 1 rings (SSSR count). The quantitative estimate of drug-likeness (QED) is 0.156. The third-order valence-corrected chi connectivity index (χ3v) is 6.05. The Morgan fingerprint density at radius 3 is 0.877 bits per heavy atom. The van der Waals surface area contributed by atoms with Gasteiger partial charge in [-0.15, -0.1) is 0 Å². The van der Waals surface area contributed by atoms with Gasteiger partial charge in [0, 0.05) is 16.6 Å². The highest BCUT2D eigenvalue weighted by Crippen LogP contribution is 2.50. The molecule has 1 aliphatic carbocycles. The summed E-state index contributed by atoms with van der Waals surface area (Å²) >= 11 is 0. The van der Waals surface area contributed by atoms with E-state index < -0.39 is 41.0 Å². The first-order valence-electron chi connectivity index (χ1n) is 19.3. The van der Waals surface area contributed by atoms with Gasteiger partial charge in [0.05, 0.1) is 28.0 Å². The lowest BCUT2D eigenvalue weighted by Gasteiger charge is -2.37. The highest BCUT2D eigenvalue weighted by molar-refractivity contribution is 5.10. The molecule has 7 nitrogen and oxygen atoms in total. The summed E-state index contributed by atoms with van der Waals surface area (Å²) in [5.74, 6) is -5.14. The first-order valence-corrected chi connectivity index (χ1v) is 19.3. The van der Waals surface area contributed by atoms with Gasteiger partial charge in [0.1, 0.15) is 5.54 Å². The van der Waals surface area contributed by atoms with Crippen molar-refractivity contribution in [3.8, 4) is 0 Å². The molecule has 1 aliphatic rings. The summed E-state index contributed by atoms with van der Waals surface area (Å²) in [6.07, 6.45) is -14.5. The Hall–Kier alpha value is -0.910. The molecule has 0 aliphatic heterocycles. The van der Waals surface area contributed by atoms with Gasteiger partial charge in [-0.05, 0) is 192 Å². The number of halogens is 9. The smallest absolute Gasteiger partial charge is 0.370 e. The van der Waals surface area contributed by atoms with Crippen LogP contribution in [0.3, 0.4) is 0 Å². The van der Waals surface area contributed by atoms with Gasteiger partial charge in [0.25, 0.3) is 0 Å². The zero-order valence-corrected chi connectivity index (χ0v) is 39.9. The van der Waals surface area contributed by atoms with Crippen LogP contribution < -0.4 is 16.0 Å². The third-order valence-electron chi connectivity index (χ3n) is 6.05. The zero-order valence-electron chi connectivity index (χ0n) is 39.9. The Bertz CT molecular complexity index is 1040. The van der Waals surface area contributed by atoms with Crippen molar-refractivity contribution >= 4 is 0 Å². The fourth-order valence-corrected chi connectivity index (χ4v) is 5.39. The van der Waals surface area contributed by atoms with Crippen LogP contribution in [0.1, 0.15) is 179 Å². The third kappa shape index (κ3) is 35.5. The second-order valence-corrected chi connectivity index (χ2v) is 22.1. The standard InChI is InChI=1S/C10H23NO.C8H14F3N.C8H19N.C8H18O.C7H10F6O2/c1-9(2,3)12-10(4,5)7-8-11-6;1-6(2,3)12-7(4-5-7)8(9,10)11;2*1-7(2,3)9-8(4,5)6;1-4(2,3)15-5(14,6(8,9)10)7(11,12)13/h11H,7-8H2,1-6H3;12H,4-5H2,1-3H3;9H,1-6H3;1-6H3;14H,1-3H3. The fourth-order valence-electron chi connectivity index (χ4n) is 5.39. The van der Waals surface area contributed by atoms with Gasteiger partial charge in [-0.3, -0.25) is 5.32 Å². The molecule has 0 spiro atoms. The van der Waals surface area contributed by atoms with Crippen LogP contribution >= 0.6 is 0 Å². The molecule has 16 heteroatoms. The Labute approximate surface area is 341 Å². The maximum Gasteiger partial charge on any atom is 0.453 e. The van der Waals surface area contributed by atoms with Crippen molar-refractivity contribution in [3.63, 3.8) is 0 Å². The lowest BCUT2D eigenvalue weighted by atomic mass is 10.0. The van der Waals surface area contributed by atoms with Crippen LogP contribution in [-0.4, -0.2) is 93.2 Å². The van der Waals surface area contributed by atoms with E-state index >= 15 is 0 Å². The van der Waals surface area contributed by atoms with Crippen LogP contribution in [0.4, 0.5) is 39.5 Å². The minimum Gasteiger partial charge on any atom is -0.370 e. The molecule has 0 bridgehead atoms. The van der Waals surface area contributed by atoms with E-state index in [0.717, 1.165) is 33.7 Å². The van der Waals surface area contributed by atoms with Gasteiger partial charge < -0.3 is 30.0 Å². The monoisotopic (exact) mass is 854 g/mol. The van der Waals surface area contributed by atoms with Gasteiger partial charge in [-0.2, -0.15) is 39.5 Å². The van der Waals surface area contributed by atoms with Crippen LogP contribution in [-0.2, 0) is 14.2 Å². The van der Waals surface area contributed by atoms with Crippen molar-refractivity contribution in [2.45, 2.75) is 253 Å². The van der Waals surface area contributed by atoms with Crippen LogP contribution in [0.15, 0.2) is 0 Å². The number of hydrogen-bond donors (Lipinski definition) is 4. The van der Waals surface area contributed by atoms with E-state index in [-0.39, 0.29) is 46.3 Å². The molecule has 1 fully saturated rings. The second kappa shape index (κ2) is 21.3. The normalized spacial score (nSPS) is 16.1. The van der Waals surface area contributed by atoms with Crippen molar-refractivity contribution in [2.24, 2.45) is 0 Å². The Kier molecular flexibility index (Phi) is 23.4. The Morgan fingerprint density at radius 2 is 0.772 bits per heavy atom. The van der Waals surface area contributed by atoms with Crippen molar-refractivity contribution in [1.82, 2.24) is 16.0 Å². The van der Waals surface area contributed by atoms with Gasteiger partial charge >= 0.3 is 24.3 Å². The van der Waals surface area contributed by atoms with Crippen LogP contribution in [0.5, 0.6) is 0 Å². The number of alkyl halides is 9. The highest BCUT2D eigenvalue weighted by atomic mass is 19.4. The predicted molar refractivity (Wildman–Crippen MR) is 215 cm³/mol. The molecule has 0 saturated heterocycles. The van der Waals surface area contributed by atoms with Crippen LogP contribution in [0, 0.1) is 0 Å². The van der Waals surface area contributed by atoms with Crippen molar-refractivity contribution < 1.29 is 58.8 Å². The number of rotatable bonds is 6. The molecule has 0 radical (unpaired) electrons. The zero-order chi connectivity index (χ0) is 47.6. The van der Waals surface area contributed by atoms with Crippen molar-refractivity contribution in [1.29, 1.82) is 0 Å². The first kappa shape index (κ1) is 62.7. The summed E-state index contributed by atoms with van der Waals surface area (Å²) in [5, 5.41) is 17.8. The molecule has 0 unspecified atom stereocenters. The molecule has 0 aromatic rings. The lowest BCUT2D eigenvalue weighted by Crippen LogP contribution is -2.61. The minimum absolute atomic E-state index is 0.0156. The van der Waals surface area contributed by atoms with E-state index in [0.29, 0.717) is 0 Å². The Morgan fingerprint density at radius 1 is 0.474 bits per heavy atom. The SMILES string of the molecule is CC(C)(C)NC(C)(C)C.CC(C)(C)NC1(C(F)(F)F)CC1.CC(C)(C)OC(C)(C)C.CC(C)(C)OC(O)(C(F)(F)F)C(F)(F)F.CNCCC(C)(C)OC(C)(C)C. The Balaban J connectivity index is -0.000000312. The van der Waals surface area contributed by atoms with Crippen LogP contribution in [0.2, 0.25) is 0 Å². The summed E-state index contributed by atoms with van der Waals surface area (Å²) in [7, 11) is 1.97. The topological polar surface area (TPSA) is 84.0 Å². The van der Waals surface area contributed by atoms with E-state index in [9.17, 15) is 39.5 Å². The lowest BCUT2D eigenvalue weighted by molar-refractivity contribution is -0.473. The molecular weight excluding hydrogens is 769 g/mol. The van der Waals surface area contributed by atoms with Gasteiger partial charge in [0.15, 0.2) is 0 Å². The molecule has 0 atom stereocenters. The maximum atomic E-state index is 12.4. The summed E-state index contributed by atoms with van der Waals surface area (Å²) in [6.45, 7) is 45.2. The van der Waals surface area contributed by atoms with E-state index in [2.05, 4.69) is 138 Å². The minimum atomic E-state index is -5.95. The van der Waals surface area contributed by atoms with Crippen molar-refractivity contribution in [2.75, 3.05) is 13.6 Å². The largest absolute Gasteiger partial charge is 0.453 e. The van der Waals surface area contributed by atoms with Crippen molar-refractivity contribution in [3.05, 3.63) is 0 Å². The molecule has 0 amide bonds. The number of nitrogens with one attached hydrogen (secondary N) is 3. The fraction of sp³-hybridized carbons (Fsp3) is 1.00. The number of ether oxygens (including phenoxy) is 3. The molecule has 0 heterocycles. The van der Waals surface area contributed by atoms with E-state index in [1.54, 1.807) is 20.8 Å². The van der Waals surface area contributed by atoms with Gasteiger partial charge in [-0.1, -0.05) is 0 Å². The second-order valence-electron chi connectivity index (χ2n) is 22.1. The van der Waals surface area contributed by atoms with E-state index in [4.69, 9.17) is 14.6 Å². The van der Waals surface area contributed by atoms with E-state index in [1.807, 2.05) is 7.05 Å². The molecule has 350 valence electrons. The summed E-state index contributed by atoms with van der Waals surface area (Å²) in [5.41, 5.74) is -3.47. The summed E-state index contributed by atoms with van der Waals surface area (Å²) in [4.78, 5) is 0. The highest BCUT2D eigenvalue weighted by Gasteiger charge is 2.73. The van der Waals surface area contributed by atoms with Crippen LogP contribution in [0.25, 0.3) is 0 Å². The summed E-state index contributed by atoms with van der Waals surface area (Å²) in [6, 6.07) is 0. The van der Waals surface area contributed by atoms with E-state index in [1.165, 1.54) is 0 Å². The molecule has 57 heavy (non-hydrogen) atoms. The average Bonchev–Trinajstić information content (AvgIpc) is 3.55. The summed E-state index contributed by atoms with van der Waals surface area (Å²) < 4.78 is 124. The molecule has 4 N–H and O–H groups in total. The molecular formula is C41H84F9N3O4. The number of hydrogen-bond acceptors (Lipinski definition) is 7. The van der Waals surface area contributed by atoms with Gasteiger partial charge in [0.2, 0.25) is 0 Å². The predicted octanol–water partition coefficient (Wildman–Crippen LogP) is 12.0. The molecule has 0 aromatic heterocycles. The molecule has 1 saturated carbocycles. The molecule has 0 aromatic carbocycles. The maximum absolute atomic E-state index is 12.4. The average molecular weight is 854 g/mol.